The van der Waals surface area contributed by atoms with E-state index in [1.54, 1.807) is 19.2 Å². The molecule has 0 saturated carbocycles. The predicted octanol–water partition coefficient (Wildman–Crippen LogP) is 3.49. The molecule has 0 fully saturated rings. The number of halogens is 1. The van der Waals surface area contributed by atoms with Crippen LogP contribution in [0.3, 0.4) is 0 Å². The molecule has 0 unspecified atom stereocenters. The molecule has 1 aromatic heterocycles. The summed E-state index contributed by atoms with van der Waals surface area (Å²) in [6.07, 6.45) is 1.80. The summed E-state index contributed by atoms with van der Waals surface area (Å²) >= 11 is 0. The minimum absolute atomic E-state index is 0.238. The van der Waals surface area contributed by atoms with E-state index in [2.05, 4.69) is 5.10 Å². The average Bonchev–Trinajstić information content (AvgIpc) is 2.85. The van der Waals surface area contributed by atoms with Gasteiger partial charge in [0.1, 0.15) is 5.82 Å². The summed E-state index contributed by atoms with van der Waals surface area (Å²) in [6.45, 7) is 3.59. The Morgan fingerprint density at radius 2 is 2.00 bits per heavy atom. The number of benzene rings is 2. The normalized spacial score (nSPS) is 12.8. The lowest BCUT2D eigenvalue weighted by Crippen LogP contribution is -2.11. The number of hydrogen-bond acceptors (Lipinski definition) is 2. The zero-order valence-corrected chi connectivity index (χ0v) is 11.5. The fraction of sp³-hybridized carbons (Fsp3) is 0.188. The Morgan fingerprint density at radius 1 is 1.25 bits per heavy atom. The van der Waals surface area contributed by atoms with E-state index in [-0.39, 0.29) is 11.9 Å². The highest BCUT2D eigenvalue weighted by molar-refractivity contribution is 5.80. The molecule has 0 amide bonds. The first-order valence-corrected chi connectivity index (χ1v) is 6.56. The van der Waals surface area contributed by atoms with Crippen molar-refractivity contribution in [2.45, 2.75) is 19.9 Å². The number of fused-ring (bicyclic) bond motifs is 1. The van der Waals surface area contributed by atoms with Crippen LogP contribution in [0.2, 0.25) is 0 Å². The van der Waals surface area contributed by atoms with Gasteiger partial charge in [-0.25, -0.2) is 9.07 Å². The second-order valence-corrected chi connectivity index (χ2v) is 5.06. The molecule has 0 radical (unpaired) electrons. The summed E-state index contributed by atoms with van der Waals surface area (Å²) in [6, 6.07) is 11.0. The Hall–Kier alpha value is -2.20. The molecule has 3 aromatic rings. The van der Waals surface area contributed by atoms with Gasteiger partial charge in [0.15, 0.2) is 0 Å². The minimum Gasteiger partial charge on any atom is -0.324 e. The monoisotopic (exact) mass is 269 g/mol. The van der Waals surface area contributed by atoms with Gasteiger partial charge in [0, 0.05) is 11.4 Å². The Kier molecular flexibility index (Phi) is 3.03. The molecule has 1 heterocycles. The molecule has 0 aliphatic carbocycles. The summed E-state index contributed by atoms with van der Waals surface area (Å²) in [5.74, 6) is -0.238. The Labute approximate surface area is 116 Å². The fourth-order valence-corrected chi connectivity index (χ4v) is 2.39. The van der Waals surface area contributed by atoms with Crippen LogP contribution in [0.5, 0.6) is 0 Å². The molecule has 0 bridgehead atoms. The highest BCUT2D eigenvalue weighted by Gasteiger charge is 2.14. The van der Waals surface area contributed by atoms with Crippen LogP contribution >= 0.6 is 0 Å². The molecule has 0 aliphatic heterocycles. The summed E-state index contributed by atoms with van der Waals surface area (Å²) < 4.78 is 15.6. The third kappa shape index (κ3) is 1.98. The number of nitrogens with two attached hydrogens (primary N) is 1. The summed E-state index contributed by atoms with van der Waals surface area (Å²) in [7, 11) is 0. The maximum Gasteiger partial charge on any atom is 0.126 e. The number of aryl methyl sites for hydroxylation is 1. The van der Waals surface area contributed by atoms with E-state index in [4.69, 9.17) is 5.73 Å². The van der Waals surface area contributed by atoms with E-state index in [9.17, 15) is 4.39 Å². The molecule has 0 spiro atoms. The first-order chi connectivity index (χ1) is 9.58. The van der Waals surface area contributed by atoms with Crippen LogP contribution in [0.15, 0.2) is 42.6 Å². The number of hydrogen-bond donors (Lipinski definition) is 1. The van der Waals surface area contributed by atoms with Crippen molar-refractivity contribution in [3.63, 3.8) is 0 Å². The molecule has 1 atom stereocenters. The molecule has 2 N–H and O–H groups in total. The number of aromatic nitrogens is 2. The zero-order valence-electron chi connectivity index (χ0n) is 11.5. The topological polar surface area (TPSA) is 43.8 Å². The average molecular weight is 269 g/mol. The molecule has 0 aliphatic rings. The molecule has 4 heteroatoms. The van der Waals surface area contributed by atoms with Gasteiger partial charge in [-0.15, -0.1) is 0 Å². The van der Waals surface area contributed by atoms with Gasteiger partial charge in [0.2, 0.25) is 0 Å². The smallest absolute Gasteiger partial charge is 0.126 e. The van der Waals surface area contributed by atoms with E-state index in [0.717, 1.165) is 22.2 Å². The summed E-state index contributed by atoms with van der Waals surface area (Å²) in [4.78, 5) is 0. The quantitative estimate of drug-likeness (QED) is 0.774. The van der Waals surface area contributed by atoms with E-state index < -0.39 is 0 Å². The first-order valence-electron chi connectivity index (χ1n) is 6.56. The van der Waals surface area contributed by atoms with Gasteiger partial charge >= 0.3 is 0 Å². The molecular formula is C16H16FN3. The van der Waals surface area contributed by atoms with E-state index >= 15 is 0 Å². The van der Waals surface area contributed by atoms with Gasteiger partial charge in [0.25, 0.3) is 0 Å². The van der Waals surface area contributed by atoms with Gasteiger partial charge < -0.3 is 5.73 Å². The molecule has 102 valence electrons. The van der Waals surface area contributed by atoms with Crippen molar-refractivity contribution in [2.24, 2.45) is 5.73 Å². The van der Waals surface area contributed by atoms with Crippen LogP contribution in [0, 0.1) is 12.7 Å². The van der Waals surface area contributed by atoms with Crippen LogP contribution < -0.4 is 5.73 Å². The Bertz CT molecular complexity index is 774. The van der Waals surface area contributed by atoms with Crippen molar-refractivity contribution in [1.29, 1.82) is 0 Å². The Balaban J connectivity index is 2.31. The summed E-state index contributed by atoms with van der Waals surface area (Å²) in [5, 5.41) is 5.46. The van der Waals surface area contributed by atoms with Gasteiger partial charge in [-0.2, -0.15) is 5.10 Å². The standard InChI is InChI=1S/C16H16FN3/c1-10-7-16(13(11(2)18)8-14(10)17)20-15-6-4-3-5-12(15)9-19-20/h3-9,11H,18H2,1-2H3/t11-/m0/s1. The SMILES string of the molecule is Cc1cc(-n2ncc3ccccc32)c([C@H](C)N)cc1F. The minimum atomic E-state index is -0.261. The highest BCUT2D eigenvalue weighted by Crippen LogP contribution is 2.26. The molecular weight excluding hydrogens is 253 g/mol. The van der Waals surface area contributed by atoms with Crippen molar-refractivity contribution < 1.29 is 4.39 Å². The lowest BCUT2D eigenvalue weighted by molar-refractivity contribution is 0.611. The van der Waals surface area contributed by atoms with Crippen LogP contribution in [0.4, 0.5) is 4.39 Å². The summed E-state index contributed by atoms with van der Waals surface area (Å²) in [5.41, 5.74) is 9.13. The van der Waals surface area contributed by atoms with Gasteiger partial charge in [-0.05, 0) is 43.2 Å². The highest BCUT2D eigenvalue weighted by atomic mass is 19.1. The third-order valence-electron chi connectivity index (χ3n) is 3.50. The molecule has 3 rings (SSSR count). The molecule has 2 aromatic carbocycles. The van der Waals surface area contributed by atoms with Crippen LogP contribution in [0.1, 0.15) is 24.1 Å². The number of nitrogens with zero attached hydrogens (tertiary/aromatic N) is 2. The predicted molar refractivity (Wildman–Crippen MR) is 78.4 cm³/mol. The van der Waals surface area contributed by atoms with Gasteiger partial charge in [-0.3, -0.25) is 0 Å². The molecule has 3 nitrogen and oxygen atoms in total. The number of para-hydroxylation sites is 1. The van der Waals surface area contributed by atoms with E-state index in [1.165, 1.54) is 6.07 Å². The molecule has 20 heavy (non-hydrogen) atoms. The number of rotatable bonds is 2. The lowest BCUT2D eigenvalue weighted by atomic mass is 10.0. The van der Waals surface area contributed by atoms with Crippen molar-refractivity contribution in [2.75, 3.05) is 0 Å². The fourth-order valence-electron chi connectivity index (χ4n) is 2.39. The maximum atomic E-state index is 13.8. The largest absolute Gasteiger partial charge is 0.324 e. The maximum absolute atomic E-state index is 13.8. The van der Waals surface area contributed by atoms with Gasteiger partial charge in [0.05, 0.1) is 17.4 Å². The van der Waals surface area contributed by atoms with Crippen molar-refractivity contribution in [1.82, 2.24) is 9.78 Å². The van der Waals surface area contributed by atoms with E-state index in [1.807, 2.05) is 35.9 Å². The van der Waals surface area contributed by atoms with Crippen LogP contribution in [-0.4, -0.2) is 9.78 Å². The molecule has 0 saturated heterocycles. The van der Waals surface area contributed by atoms with E-state index in [0.29, 0.717) is 5.56 Å². The second kappa shape index (κ2) is 4.72. The zero-order chi connectivity index (χ0) is 14.3. The van der Waals surface area contributed by atoms with Gasteiger partial charge in [-0.1, -0.05) is 18.2 Å². The lowest BCUT2D eigenvalue weighted by Gasteiger charge is -2.15. The van der Waals surface area contributed by atoms with Crippen LogP contribution in [-0.2, 0) is 0 Å². The van der Waals surface area contributed by atoms with Crippen molar-refractivity contribution >= 4 is 10.9 Å². The van der Waals surface area contributed by atoms with Crippen molar-refractivity contribution in [3.8, 4) is 5.69 Å². The first kappa shape index (κ1) is 12.8. The third-order valence-corrected chi connectivity index (χ3v) is 3.50. The van der Waals surface area contributed by atoms with Crippen molar-refractivity contribution in [3.05, 3.63) is 59.5 Å². The van der Waals surface area contributed by atoms with Crippen LogP contribution in [0.25, 0.3) is 16.6 Å². The Morgan fingerprint density at radius 3 is 2.75 bits per heavy atom. The second-order valence-electron chi connectivity index (χ2n) is 5.06.